The first kappa shape index (κ1) is 18.2. The molecular weight excluding hydrogens is 188 g/mol. The van der Waals surface area contributed by atoms with Crippen LogP contribution in [0.2, 0.25) is 0 Å². The van der Waals surface area contributed by atoms with Gasteiger partial charge in [0.05, 0.1) is 0 Å². The molecule has 14 heavy (non-hydrogen) atoms. The van der Waals surface area contributed by atoms with Gasteiger partial charge in [-0.15, -0.1) is 0 Å². The van der Waals surface area contributed by atoms with E-state index in [4.69, 9.17) is 15.9 Å². The topological polar surface area (TPSA) is 136 Å². The van der Waals surface area contributed by atoms with Gasteiger partial charge in [-0.3, -0.25) is 0 Å². The van der Waals surface area contributed by atoms with Crippen molar-refractivity contribution in [2.45, 2.75) is 6.92 Å². The molecule has 6 heteroatoms. The quantitative estimate of drug-likeness (QED) is 0.491. The van der Waals surface area contributed by atoms with Crippen LogP contribution in [0.15, 0.2) is 24.3 Å². The minimum atomic E-state index is -1.03. The fourth-order valence-corrected chi connectivity index (χ4v) is 0.0873. The molecule has 0 fully saturated rings. The van der Waals surface area contributed by atoms with E-state index in [2.05, 4.69) is 13.2 Å². The van der Waals surface area contributed by atoms with E-state index in [9.17, 15) is 9.59 Å². The highest BCUT2D eigenvalue weighted by Crippen LogP contribution is 1.81. The van der Waals surface area contributed by atoms with E-state index < -0.39 is 11.9 Å². The van der Waals surface area contributed by atoms with Gasteiger partial charge in [0.2, 0.25) is 0 Å². The van der Waals surface area contributed by atoms with Crippen LogP contribution in [0.1, 0.15) is 6.92 Å². The SMILES string of the molecule is C=C(C)C(=O)O.C=C(CN)C(=O)O.N. The van der Waals surface area contributed by atoms with Gasteiger partial charge in [-0.05, 0) is 6.92 Å². The van der Waals surface area contributed by atoms with Gasteiger partial charge in [-0.2, -0.15) is 0 Å². The second kappa shape index (κ2) is 9.43. The highest BCUT2D eigenvalue weighted by Gasteiger charge is 1.96. The fourth-order valence-electron chi connectivity index (χ4n) is 0.0873. The molecule has 0 aromatic heterocycles. The Morgan fingerprint density at radius 3 is 1.50 bits per heavy atom. The Bertz CT molecular complexity index is 223. The van der Waals surface area contributed by atoms with Crippen LogP contribution in [-0.2, 0) is 9.59 Å². The first-order valence-electron chi connectivity index (χ1n) is 3.32. The molecule has 0 aliphatic heterocycles. The average molecular weight is 204 g/mol. The molecule has 0 radical (unpaired) electrons. The number of nitrogens with two attached hydrogens (primary N) is 1. The molecule has 0 saturated carbocycles. The molecule has 6 nitrogen and oxygen atoms in total. The van der Waals surface area contributed by atoms with Crippen LogP contribution in [0.3, 0.4) is 0 Å². The van der Waals surface area contributed by atoms with E-state index in [1.54, 1.807) is 0 Å². The van der Waals surface area contributed by atoms with Gasteiger partial charge in [-0.1, -0.05) is 13.2 Å². The number of hydrogen-bond donors (Lipinski definition) is 4. The summed E-state index contributed by atoms with van der Waals surface area (Å²) in [4.78, 5) is 19.4. The van der Waals surface area contributed by atoms with E-state index in [-0.39, 0.29) is 23.8 Å². The maximum absolute atomic E-state index is 9.75. The summed E-state index contributed by atoms with van der Waals surface area (Å²) < 4.78 is 0. The number of carbonyl (C=O) groups is 2. The number of carboxylic acid groups (broad SMARTS) is 2. The van der Waals surface area contributed by atoms with Gasteiger partial charge in [0, 0.05) is 17.7 Å². The van der Waals surface area contributed by atoms with Crippen molar-refractivity contribution in [3.05, 3.63) is 24.3 Å². The molecule has 0 bridgehead atoms. The van der Waals surface area contributed by atoms with Crippen molar-refractivity contribution in [2.24, 2.45) is 5.73 Å². The van der Waals surface area contributed by atoms with Gasteiger partial charge in [0.15, 0.2) is 0 Å². The molecule has 0 aliphatic carbocycles. The molecule has 7 N–H and O–H groups in total. The van der Waals surface area contributed by atoms with Crippen LogP contribution >= 0.6 is 0 Å². The predicted molar refractivity (Wildman–Crippen MR) is 53.3 cm³/mol. The molecule has 0 unspecified atom stereocenters. The Morgan fingerprint density at radius 2 is 1.50 bits per heavy atom. The number of hydrogen-bond acceptors (Lipinski definition) is 4. The van der Waals surface area contributed by atoms with E-state index >= 15 is 0 Å². The molecule has 0 aromatic rings. The van der Waals surface area contributed by atoms with Gasteiger partial charge in [-0.25, -0.2) is 9.59 Å². The second-order valence-corrected chi connectivity index (χ2v) is 2.20. The maximum Gasteiger partial charge on any atom is 0.332 e. The van der Waals surface area contributed by atoms with Gasteiger partial charge < -0.3 is 22.1 Å². The van der Waals surface area contributed by atoms with Crippen LogP contribution in [-0.4, -0.2) is 28.7 Å². The summed E-state index contributed by atoms with van der Waals surface area (Å²) in [6, 6.07) is 0. The lowest BCUT2D eigenvalue weighted by atomic mass is 10.3. The second-order valence-electron chi connectivity index (χ2n) is 2.20. The van der Waals surface area contributed by atoms with Crippen molar-refractivity contribution in [1.82, 2.24) is 6.15 Å². The van der Waals surface area contributed by atoms with Crippen LogP contribution in [0.25, 0.3) is 0 Å². The molecule has 0 rings (SSSR count). The molecule has 0 saturated heterocycles. The van der Waals surface area contributed by atoms with Crippen LogP contribution < -0.4 is 11.9 Å². The molecule has 82 valence electrons. The van der Waals surface area contributed by atoms with Crippen molar-refractivity contribution < 1.29 is 19.8 Å². The third kappa shape index (κ3) is 13.0. The lowest BCUT2D eigenvalue weighted by molar-refractivity contribution is -0.133. The Balaban J connectivity index is -0.000000163. The Kier molecular flexibility index (Phi) is 12.3. The van der Waals surface area contributed by atoms with E-state index in [1.807, 2.05) is 0 Å². The van der Waals surface area contributed by atoms with Gasteiger partial charge in [0.1, 0.15) is 0 Å². The lowest BCUT2D eigenvalue weighted by Gasteiger charge is -1.88. The van der Waals surface area contributed by atoms with Crippen LogP contribution in [0.5, 0.6) is 0 Å². The number of carboxylic acids is 2. The average Bonchev–Trinajstić information content (AvgIpc) is 2.03. The Hall–Kier alpha value is -1.66. The van der Waals surface area contributed by atoms with E-state index in [1.165, 1.54) is 6.92 Å². The highest BCUT2D eigenvalue weighted by molar-refractivity contribution is 5.86. The summed E-state index contributed by atoms with van der Waals surface area (Å²) in [7, 11) is 0. The fraction of sp³-hybridized carbons (Fsp3) is 0.250. The van der Waals surface area contributed by atoms with Crippen LogP contribution in [0.4, 0.5) is 0 Å². The summed E-state index contributed by atoms with van der Waals surface area (Å²) in [6.45, 7) is 7.77. The highest BCUT2D eigenvalue weighted by atomic mass is 16.4. The van der Waals surface area contributed by atoms with Crippen LogP contribution in [0, 0.1) is 0 Å². The third-order valence-corrected chi connectivity index (χ3v) is 0.914. The molecule has 0 amide bonds. The molecule has 0 aromatic carbocycles. The van der Waals surface area contributed by atoms with Crippen molar-refractivity contribution in [2.75, 3.05) is 6.54 Å². The lowest BCUT2D eigenvalue weighted by Crippen LogP contribution is -2.10. The van der Waals surface area contributed by atoms with Crippen molar-refractivity contribution in [1.29, 1.82) is 0 Å². The number of aliphatic carboxylic acids is 2. The molecule has 0 heterocycles. The predicted octanol–water partition coefficient (Wildman–Crippen LogP) is 0.395. The van der Waals surface area contributed by atoms with Gasteiger partial charge in [0.25, 0.3) is 0 Å². The van der Waals surface area contributed by atoms with E-state index in [0.29, 0.717) is 0 Å². The molecule has 0 aliphatic rings. The molecule has 0 spiro atoms. The first-order valence-corrected chi connectivity index (χ1v) is 3.32. The largest absolute Gasteiger partial charge is 0.478 e. The Labute approximate surface area is 82.3 Å². The van der Waals surface area contributed by atoms with Gasteiger partial charge >= 0.3 is 11.9 Å². The first-order chi connectivity index (χ1) is 5.82. The van der Waals surface area contributed by atoms with Crippen molar-refractivity contribution in [3.63, 3.8) is 0 Å². The zero-order valence-corrected chi connectivity index (χ0v) is 8.12. The maximum atomic E-state index is 9.75. The minimum absolute atomic E-state index is 0. The zero-order valence-electron chi connectivity index (χ0n) is 8.12. The van der Waals surface area contributed by atoms with E-state index in [0.717, 1.165) is 0 Å². The zero-order chi connectivity index (χ0) is 11.0. The van der Waals surface area contributed by atoms with Crippen molar-refractivity contribution in [3.8, 4) is 0 Å². The summed E-state index contributed by atoms with van der Waals surface area (Å²) in [6.07, 6.45) is 0. The number of rotatable bonds is 3. The molecule has 0 atom stereocenters. The van der Waals surface area contributed by atoms with Crippen molar-refractivity contribution >= 4 is 11.9 Å². The minimum Gasteiger partial charge on any atom is -0.478 e. The summed E-state index contributed by atoms with van der Waals surface area (Å²) in [5.74, 6) is -1.96. The third-order valence-electron chi connectivity index (χ3n) is 0.914. The molecular formula is C8H16N2O4. The Morgan fingerprint density at radius 1 is 1.21 bits per heavy atom. The summed E-state index contributed by atoms with van der Waals surface area (Å²) in [5.41, 5.74) is 5.11. The monoisotopic (exact) mass is 204 g/mol. The normalized spacial score (nSPS) is 7.29. The standard InChI is InChI=1S/C4H7NO2.C4H6O2.H3N/c1-3(2-5)4(6)7;1-3(2)4(5)6;/h1-2,5H2,(H,6,7);1H2,2H3,(H,5,6);1H3. The summed E-state index contributed by atoms with van der Waals surface area (Å²) in [5, 5.41) is 15.9. The smallest absolute Gasteiger partial charge is 0.332 e. The summed E-state index contributed by atoms with van der Waals surface area (Å²) >= 11 is 0.